The minimum Gasteiger partial charge on any atom is -0.377 e. The Morgan fingerprint density at radius 3 is 2.89 bits per heavy atom. The number of benzene rings is 1. The third kappa shape index (κ3) is 6.89. The van der Waals surface area contributed by atoms with E-state index in [1.165, 1.54) is 0 Å². The van der Waals surface area contributed by atoms with Gasteiger partial charge in [0.1, 0.15) is 0 Å². The molecule has 1 amide bonds. The maximum Gasteiger partial charge on any atom is 0.229 e. The van der Waals surface area contributed by atoms with E-state index in [0.29, 0.717) is 32.7 Å². The minimum absolute atomic E-state index is 0. The first-order chi connectivity index (χ1) is 13.3. The first-order valence-electron chi connectivity index (χ1n) is 9.86. The Hall–Kier alpha value is -1.39. The molecule has 2 N–H and O–H groups in total. The van der Waals surface area contributed by atoms with Crippen molar-refractivity contribution in [3.05, 3.63) is 30.3 Å². The Morgan fingerprint density at radius 1 is 1.36 bits per heavy atom. The summed E-state index contributed by atoms with van der Waals surface area (Å²) in [5.74, 6) is 0.861. The molecule has 3 rings (SSSR count). The number of aliphatic imine (C=N–C) groups is 1. The molecule has 2 heterocycles. The third-order valence-electron chi connectivity index (χ3n) is 4.71. The highest BCUT2D eigenvalue weighted by Crippen LogP contribution is 2.20. The number of hydrogen-bond acceptors (Lipinski definition) is 4. The molecule has 7 nitrogen and oxygen atoms in total. The molecule has 2 unspecified atom stereocenters. The predicted octanol–water partition coefficient (Wildman–Crippen LogP) is 2.16. The van der Waals surface area contributed by atoms with Crippen molar-refractivity contribution in [2.75, 3.05) is 44.4 Å². The lowest BCUT2D eigenvalue weighted by molar-refractivity contribution is -0.117. The molecular weight excluding hydrogens is 471 g/mol. The van der Waals surface area contributed by atoms with E-state index in [1.807, 2.05) is 42.2 Å². The number of nitrogens with zero attached hydrogens (tertiary/aromatic N) is 2. The fourth-order valence-electron chi connectivity index (χ4n) is 3.39. The van der Waals surface area contributed by atoms with Crippen molar-refractivity contribution < 1.29 is 14.3 Å². The molecule has 28 heavy (non-hydrogen) atoms. The normalized spacial score (nSPS) is 22.2. The van der Waals surface area contributed by atoms with E-state index < -0.39 is 0 Å². The lowest BCUT2D eigenvalue weighted by Gasteiger charge is -2.19. The zero-order chi connectivity index (χ0) is 18.9. The number of anilines is 1. The van der Waals surface area contributed by atoms with Gasteiger partial charge in [0.2, 0.25) is 5.91 Å². The van der Waals surface area contributed by atoms with Crippen LogP contribution in [0.1, 0.15) is 26.2 Å². The number of ether oxygens (including phenoxy) is 2. The summed E-state index contributed by atoms with van der Waals surface area (Å²) in [5.41, 5.74) is 0.941. The smallest absolute Gasteiger partial charge is 0.229 e. The Kier molecular flexibility index (Phi) is 10.0. The van der Waals surface area contributed by atoms with Crippen molar-refractivity contribution in [2.45, 2.75) is 38.3 Å². The second-order valence-electron chi connectivity index (χ2n) is 6.86. The molecule has 156 valence electrons. The zero-order valence-corrected chi connectivity index (χ0v) is 18.8. The van der Waals surface area contributed by atoms with Gasteiger partial charge in [-0.05, 0) is 31.9 Å². The van der Waals surface area contributed by atoms with E-state index in [0.717, 1.165) is 37.6 Å². The summed E-state index contributed by atoms with van der Waals surface area (Å²) in [6, 6.07) is 9.83. The van der Waals surface area contributed by atoms with E-state index in [4.69, 9.17) is 9.47 Å². The van der Waals surface area contributed by atoms with Gasteiger partial charge >= 0.3 is 0 Å². The van der Waals surface area contributed by atoms with Gasteiger partial charge in [0.15, 0.2) is 5.96 Å². The van der Waals surface area contributed by atoms with Crippen LogP contribution < -0.4 is 15.5 Å². The van der Waals surface area contributed by atoms with Crippen molar-refractivity contribution in [3.8, 4) is 0 Å². The quantitative estimate of drug-likeness (QED) is 0.247. The molecule has 8 heteroatoms. The molecule has 2 aliphatic heterocycles. The largest absolute Gasteiger partial charge is 0.377 e. The van der Waals surface area contributed by atoms with Gasteiger partial charge in [-0.1, -0.05) is 18.2 Å². The monoisotopic (exact) mass is 502 g/mol. The number of nitrogens with one attached hydrogen (secondary N) is 2. The van der Waals surface area contributed by atoms with Crippen LogP contribution in [0.2, 0.25) is 0 Å². The molecule has 1 aromatic rings. The fourth-order valence-corrected chi connectivity index (χ4v) is 3.39. The number of halogens is 1. The number of amides is 1. The van der Waals surface area contributed by atoms with Gasteiger partial charge < -0.3 is 25.0 Å². The van der Waals surface area contributed by atoms with E-state index >= 15 is 0 Å². The Labute approximate surface area is 184 Å². The Morgan fingerprint density at radius 2 is 2.18 bits per heavy atom. The molecule has 0 saturated carbocycles. The van der Waals surface area contributed by atoms with Crippen LogP contribution in [0.25, 0.3) is 0 Å². The second kappa shape index (κ2) is 12.2. The van der Waals surface area contributed by atoms with Crippen LogP contribution in [-0.2, 0) is 14.3 Å². The molecular formula is C20H31IN4O3. The SMILES string of the molecule is CCNC(=NCCOCC1CCCO1)NC1CC(=O)N(c2ccccc2)C1.I. The number of para-hydroxylation sites is 1. The van der Waals surface area contributed by atoms with Crippen LogP contribution in [0.15, 0.2) is 35.3 Å². The van der Waals surface area contributed by atoms with Crippen molar-refractivity contribution >= 4 is 41.5 Å². The van der Waals surface area contributed by atoms with E-state index in [-0.39, 0.29) is 42.0 Å². The lowest BCUT2D eigenvalue weighted by Crippen LogP contribution is -2.44. The lowest BCUT2D eigenvalue weighted by atomic mass is 10.2. The standard InChI is InChI=1S/C20H30N4O3.HI/c1-2-21-20(22-10-12-26-15-18-9-6-11-27-18)23-16-13-19(25)24(14-16)17-7-4-3-5-8-17;/h3-5,7-8,16,18H,2,6,9-15H2,1H3,(H2,21,22,23);1H. The Bertz CT molecular complexity index is 623. The van der Waals surface area contributed by atoms with Gasteiger partial charge in [-0.2, -0.15) is 0 Å². The maximum atomic E-state index is 12.3. The number of guanidine groups is 1. The zero-order valence-electron chi connectivity index (χ0n) is 16.4. The van der Waals surface area contributed by atoms with Crippen molar-refractivity contribution in [3.63, 3.8) is 0 Å². The molecule has 2 fully saturated rings. The van der Waals surface area contributed by atoms with Gasteiger partial charge in [0.25, 0.3) is 0 Å². The third-order valence-corrected chi connectivity index (χ3v) is 4.71. The average molecular weight is 502 g/mol. The summed E-state index contributed by atoms with van der Waals surface area (Å²) in [7, 11) is 0. The highest BCUT2D eigenvalue weighted by atomic mass is 127. The fraction of sp³-hybridized carbons (Fsp3) is 0.600. The van der Waals surface area contributed by atoms with Crippen molar-refractivity contribution in [2.24, 2.45) is 4.99 Å². The van der Waals surface area contributed by atoms with Crippen LogP contribution in [0, 0.1) is 0 Å². The summed E-state index contributed by atoms with van der Waals surface area (Å²) < 4.78 is 11.2. The first kappa shape index (κ1) is 22.9. The molecule has 0 radical (unpaired) electrons. The maximum absolute atomic E-state index is 12.3. The number of carbonyl (C=O) groups is 1. The summed E-state index contributed by atoms with van der Waals surface area (Å²) >= 11 is 0. The second-order valence-corrected chi connectivity index (χ2v) is 6.86. The molecule has 2 atom stereocenters. The Balaban J connectivity index is 0.00000280. The van der Waals surface area contributed by atoms with E-state index in [1.54, 1.807) is 0 Å². The van der Waals surface area contributed by atoms with Crippen LogP contribution in [0.5, 0.6) is 0 Å². The topological polar surface area (TPSA) is 75.2 Å². The van der Waals surface area contributed by atoms with Gasteiger partial charge in [-0.3, -0.25) is 9.79 Å². The minimum atomic E-state index is 0. The summed E-state index contributed by atoms with van der Waals surface area (Å²) in [4.78, 5) is 18.7. The van der Waals surface area contributed by atoms with Gasteiger partial charge in [0.05, 0.1) is 31.9 Å². The number of carbonyl (C=O) groups excluding carboxylic acids is 1. The highest BCUT2D eigenvalue weighted by molar-refractivity contribution is 14.0. The van der Waals surface area contributed by atoms with Gasteiger partial charge in [-0.25, -0.2) is 0 Å². The average Bonchev–Trinajstić information content (AvgIpc) is 3.32. The number of hydrogen-bond donors (Lipinski definition) is 2. The molecule has 0 aromatic heterocycles. The predicted molar refractivity (Wildman–Crippen MR) is 122 cm³/mol. The van der Waals surface area contributed by atoms with Crippen LogP contribution >= 0.6 is 24.0 Å². The summed E-state index contributed by atoms with van der Waals surface area (Å²) in [5, 5.41) is 6.61. The molecule has 2 saturated heterocycles. The van der Waals surface area contributed by atoms with E-state index in [9.17, 15) is 4.79 Å². The summed E-state index contributed by atoms with van der Waals surface area (Å²) in [6.45, 7) is 6.07. The van der Waals surface area contributed by atoms with E-state index in [2.05, 4.69) is 15.6 Å². The highest BCUT2D eigenvalue weighted by Gasteiger charge is 2.31. The molecule has 0 bridgehead atoms. The first-order valence-corrected chi connectivity index (χ1v) is 9.86. The molecule has 1 aromatic carbocycles. The van der Waals surface area contributed by atoms with Gasteiger partial charge in [-0.15, -0.1) is 24.0 Å². The molecule has 2 aliphatic rings. The van der Waals surface area contributed by atoms with Crippen LogP contribution in [0.4, 0.5) is 5.69 Å². The molecule has 0 spiro atoms. The van der Waals surface area contributed by atoms with Gasteiger partial charge in [0, 0.05) is 31.8 Å². The van der Waals surface area contributed by atoms with Crippen molar-refractivity contribution in [1.82, 2.24) is 10.6 Å². The number of rotatable bonds is 8. The van der Waals surface area contributed by atoms with Crippen LogP contribution in [-0.4, -0.2) is 63.5 Å². The summed E-state index contributed by atoms with van der Waals surface area (Å²) in [6.07, 6.45) is 2.92. The van der Waals surface area contributed by atoms with Crippen LogP contribution in [0.3, 0.4) is 0 Å². The molecule has 0 aliphatic carbocycles. The van der Waals surface area contributed by atoms with Crippen molar-refractivity contribution in [1.29, 1.82) is 0 Å².